The molecule has 0 spiro atoms. The number of fused-ring (bicyclic) bond motifs is 1. The lowest BCUT2D eigenvalue weighted by Gasteiger charge is -2.19. The van der Waals surface area contributed by atoms with E-state index in [1.54, 1.807) is 12.1 Å². The zero-order valence-electron chi connectivity index (χ0n) is 15.1. The Kier molecular flexibility index (Phi) is 5.50. The van der Waals surface area contributed by atoms with E-state index in [-0.39, 0.29) is 6.04 Å². The molecule has 7 nitrogen and oxygen atoms in total. The number of hydrogen-bond donors (Lipinski definition) is 3. The first kappa shape index (κ1) is 18.7. The van der Waals surface area contributed by atoms with Crippen molar-refractivity contribution in [3.8, 4) is 0 Å². The molecule has 0 aliphatic carbocycles. The normalized spacial score (nSPS) is 12.6. The molecule has 2 heterocycles. The van der Waals surface area contributed by atoms with Crippen LogP contribution in [0.4, 0.5) is 17.7 Å². The molecule has 0 bridgehead atoms. The number of aromatic amines is 1. The number of aryl methyl sites for hydroxylation is 1. The van der Waals surface area contributed by atoms with Crippen molar-refractivity contribution < 1.29 is 0 Å². The maximum absolute atomic E-state index is 6.05. The molecule has 1 unspecified atom stereocenters. The van der Waals surface area contributed by atoms with E-state index in [1.807, 2.05) is 27.1 Å². The van der Waals surface area contributed by atoms with Gasteiger partial charge in [0.2, 0.25) is 11.9 Å². The van der Waals surface area contributed by atoms with E-state index in [0.717, 1.165) is 23.6 Å². The molecule has 3 aromatic rings. The predicted molar refractivity (Wildman–Crippen MR) is 108 cm³/mol. The minimum atomic E-state index is 0.252. The summed E-state index contributed by atoms with van der Waals surface area (Å²) < 4.78 is 0. The number of hydrogen-bond acceptors (Lipinski definition) is 6. The van der Waals surface area contributed by atoms with Gasteiger partial charge in [-0.15, -0.1) is 0 Å². The molecule has 3 rings (SSSR count). The summed E-state index contributed by atoms with van der Waals surface area (Å²) in [6, 6.07) is 5.62. The Balaban J connectivity index is 1.81. The van der Waals surface area contributed by atoms with Crippen LogP contribution >= 0.6 is 23.2 Å². The highest BCUT2D eigenvalue weighted by Crippen LogP contribution is 2.28. The fourth-order valence-corrected chi connectivity index (χ4v) is 3.04. The lowest BCUT2D eigenvalue weighted by atomic mass is 10.3. The second-order valence-electron chi connectivity index (χ2n) is 6.52. The fraction of sp³-hybridized carbons (Fsp3) is 0.353. The maximum Gasteiger partial charge on any atom is 0.231 e. The van der Waals surface area contributed by atoms with Crippen molar-refractivity contribution in [3.63, 3.8) is 0 Å². The lowest BCUT2D eigenvalue weighted by Crippen LogP contribution is -2.30. The summed E-state index contributed by atoms with van der Waals surface area (Å²) in [4.78, 5) is 18.7. The Bertz CT molecular complexity index is 884. The van der Waals surface area contributed by atoms with Crippen molar-refractivity contribution in [2.75, 3.05) is 31.3 Å². The summed E-state index contributed by atoms with van der Waals surface area (Å²) in [5.41, 5.74) is 2.35. The van der Waals surface area contributed by atoms with E-state index < -0.39 is 0 Å². The number of rotatable bonds is 6. The number of benzene rings is 1. The van der Waals surface area contributed by atoms with Crippen LogP contribution in [-0.4, -0.2) is 51.5 Å². The van der Waals surface area contributed by atoms with Crippen LogP contribution < -0.4 is 10.6 Å². The highest BCUT2D eigenvalue weighted by Gasteiger charge is 2.10. The van der Waals surface area contributed by atoms with Crippen molar-refractivity contribution in [1.82, 2.24) is 24.8 Å². The molecule has 1 aromatic carbocycles. The van der Waals surface area contributed by atoms with Crippen molar-refractivity contribution in [2.24, 2.45) is 0 Å². The molecule has 0 saturated heterocycles. The molecule has 0 amide bonds. The van der Waals surface area contributed by atoms with Gasteiger partial charge in [-0.2, -0.15) is 4.98 Å². The zero-order valence-corrected chi connectivity index (χ0v) is 16.6. The number of nitrogens with one attached hydrogen (secondary N) is 3. The second-order valence-corrected chi connectivity index (χ2v) is 7.33. The van der Waals surface area contributed by atoms with Gasteiger partial charge < -0.3 is 15.2 Å². The number of nitrogens with zero attached hydrogens (tertiary/aromatic N) is 4. The minimum absolute atomic E-state index is 0.252. The van der Waals surface area contributed by atoms with Gasteiger partial charge in [0.15, 0.2) is 0 Å². The van der Waals surface area contributed by atoms with Crippen molar-refractivity contribution in [1.29, 1.82) is 0 Å². The number of halogens is 2. The maximum atomic E-state index is 6.05. The van der Waals surface area contributed by atoms with E-state index in [0.29, 0.717) is 27.5 Å². The van der Waals surface area contributed by atoms with Crippen LogP contribution in [0.2, 0.25) is 10.0 Å². The van der Waals surface area contributed by atoms with Crippen LogP contribution in [0.5, 0.6) is 0 Å². The van der Waals surface area contributed by atoms with Crippen LogP contribution in [0, 0.1) is 6.92 Å². The van der Waals surface area contributed by atoms with Crippen LogP contribution in [0.1, 0.15) is 12.6 Å². The Morgan fingerprint density at radius 3 is 2.58 bits per heavy atom. The number of H-pyrrole nitrogens is 1. The van der Waals surface area contributed by atoms with Crippen molar-refractivity contribution in [3.05, 3.63) is 33.9 Å². The Labute approximate surface area is 162 Å². The van der Waals surface area contributed by atoms with Crippen LogP contribution in [0.3, 0.4) is 0 Å². The third-order valence-electron chi connectivity index (χ3n) is 3.64. The van der Waals surface area contributed by atoms with Gasteiger partial charge in [0.1, 0.15) is 5.82 Å². The van der Waals surface area contributed by atoms with Crippen LogP contribution in [-0.2, 0) is 0 Å². The highest BCUT2D eigenvalue weighted by molar-refractivity contribution is 6.42. The van der Waals surface area contributed by atoms with Gasteiger partial charge in [-0.05, 0) is 40.1 Å². The number of likely N-dealkylation sites (N-methyl/N-ethyl adjacent to an activating group) is 1. The van der Waals surface area contributed by atoms with E-state index >= 15 is 0 Å². The zero-order chi connectivity index (χ0) is 18.8. The first-order valence-electron chi connectivity index (χ1n) is 8.19. The van der Waals surface area contributed by atoms with E-state index in [9.17, 15) is 0 Å². The first-order chi connectivity index (χ1) is 12.3. The van der Waals surface area contributed by atoms with Gasteiger partial charge in [0.25, 0.3) is 0 Å². The van der Waals surface area contributed by atoms with E-state index in [2.05, 4.69) is 42.4 Å². The molecule has 0 aliphatic heterocycles. The molecule has 9 heteroatoms. The van der Waals surface area contributed by atoms with Crippen molar-refractivity contribution >= 4 is 51.9 Å². The summed E-state index contributed by atoms with van der Waals surface area (Å²) in [5.74, 6) is 1.74. The Morgan fingerprint density at radius 1 is 1.12 bits per heavy atom. The Hall–Kier alpha value is -2.09. The molecule has 0 saturated carbocycles. The van der Waals surface area contributed by atoms with E-state index in [1.165, 1.54) is 0 Å². The summed E-state index contributed by atoms with van der Waals surface area (Å²) in [7, 11) is 4.08. The largest absolute Gasteiger partial charge is 0.366 e. The molecule has 0 fully saturated rings. The molecule has 0 radical (unpaired) electrons. The third-order valence-corrected chi connectivity index (χ3v) is 4.36. The standard InChI is InChI=1S/C17H21Cl2N7/c1-9-5-15(20-10(2)8-26(3)4)24-16(21-9)25-17-22-13-6-11(18)12(19)7-14(13)23-17/h5-7,10H,8H2,1-4H3,(H3,20,21,22,23,24,25). The molecular formula is C17H21Cl2N7. The lowest BCUT2D eigenvalue weighted by molar-refractivity contribution is 0.392. The fourth-order valence-electron chi connectivity index (χ4n) is 2.71. The quantitative estimate of drug-likeness (QED) is 0.585. The van der Waals surface area contributed by atoms with Gasteiger partial charge in [0, 0.05) is 24.3 Å². The molecule has 3 N–H and O–H groups in total. The Morgan fingerprint density at radius 2 is 1.85 bits per heavy atom. The smallest absolute Gasteiger partial charge is 0.231 e. The monoisotopic (exact) mass is 393 g/mol. The summed E-state index contributed by atoms with van der Waals surface area (Å²) in [6.07, 6.45) is 0. The van der Waals surface area contributed by atoms with Crippen LogP contribution in [0.15, 0.2) is 18.2 Å². The number of anilines is 3. The van der Waals surface area contributed by atoms with Gasteiger partial charge in [-0.1, -0.05) is 23.2 Å². The van der Waals surface area contributed by atoms with Crippen molar-refractivity contribution in [2.45, 2.75) is 19.9 Å². The summed E-state index contributed by atoms with van der Waals surface area (Å²) >= 11 is 12.1. The number of imidazole rings is 1. The third kappa shape index (κ3) is 4.55. The topological polar surface area (TPSA) is 81.8 Å². The molecular weight excluding hydrogens is 373 g/mol. The summed E-state index contributed by atoms with van der Waals surface area (Å²) in [5, 5.41) is 7.42. The first-order valence-corrected chi connectivity index (χ1v) is 8.94. The highest BCUT2D eigenvalue weighted by atomic mass is 35.5. The molecule has 2 aromatic heterocycles. The molecule has 26 heavy (non-hydrogen) atoms. The second kappa shape index (κ2) is 7.65. The average Bonchev–Trinajstić information content (AvgIpc) is 2.87. The predicted octanol–water partition coefficient (Wildman–Crippen LogP) is 4.07. The molecule has 1 atom stereocenters. The molecule has 138 valence electrons. The van der Waals surface area contributed by atoms with Gasteiger partial charge in [0.05, 0.1) is 21.1 Å². The van der Waals surface area contributed by atoms with Gasteiger partial charge in [-0.3, -0.25) is 5.32 Å². The molecule has 0 aliphatic rings. The van der Waals surface area contributed by atoms with Crippen LogP contribution in [0.25, 0.3) is 11.0 Å². The number of aromatic nitrogens is 4. The summed E-state index contributed by atoms with van der Waals surface area (Å²) in [6.45, 7) is 4.93. The SMILES string of the molecule is Cc1cc(NC(C)CN(C)C)nc(Nc2nc3cc(Cl)c(Cl)cc3[nH]2)n1. The van der Waals surface area contributed by atoms with Gasteiger partial charge in [-0.25, -0.2) is 9.97 Å². The van der Waals surface area contributed by atoms with E-state index in [4.69, 9.17) is 23.2 Å². The van der Waals surface area contributed by atoms with Gasteiger partial charge >= 0.3 is 0 Å². The minimum Gasteiger partial charge on any atom is -0.366 e. The average molecular weight is 394 g/mol.